The number of nitrogens with one attached hydrogen (secondary N) is 1. The molecule has 0 heterocycles. The lowest BCUT2D eigenvalue weighted by atomic mass is 10.1. The van der Waals surface area contributed by atoms with Gasteiger partial charge in [-0.3, -0.25) is 0 Å². The second kappa shape index (κ2) is 7.68. The summed E-state index contributed by atoms with van der Waals surface area (Å²) in [5.41, 5.74) is 1.90. The first-order valence-electron chi connectivity index (χ1n) is 6.87. The summed E-state index contributed by atoms with van der Waals surface area (Å²) in [6.45, 7) is 9.31. The molecule has 0 amide bonds. The molecule has 1 rings (SSSR count). The topological polar surface area (TPSA) is 56.0 Å². The molecule has 110 valence electrons. The summed E-state index contributed by atoms with van der Waals surface area (Å²) in [7, 11) is 0. The SMILES string of the molecule is CC(CO)CSc1ccc(CNC(C)(C)C)cc1C#N. The highest BCUT2D eigenvalue weighted by Gasteiger charge is 2.10. The van der Waals surface area contributed by atoms with Gasteiger partial charge in [-0.15, -0.1) is 11.8 Å². The van der Waals surface area contributed by atoms with Crippen LogP contribution in [0, 0.1) is 17.2 Å². The van der Waals surface area contributed by atoms with Crippen LogP contribution in [0.2, 0.25) is 0 Å². The Morgan fingerprint density at radius 2 is 2.10 bits per heavy atom. The molecule has 0 fully saturated rings. The van der Waals surface area contributed by atoms with Crippen molar-refractivity contribution in [1.29, 1.82) is 5.26 Å². The molecular formula is C16H24N2OS. The van der Waals surface area contributed by atoms with E-state index in [0.717, 1.165) is 22.8 Å². The summed E-state index contributed by atoms with van der Waals surface area (Å²) in [6.07, 6.45) is 0. The average Bonchev–Trinajstić information content (AvgIpc) is 2.41. The van der Waals surface area contributed by atoms with Crippen LogP contribution in [-0.2, 0) is 6.54 Å². The normalized spacial score (nSPS) is 13.0. The highest BCUT2D eigenvalue weighted by atomic mass is 32.2. The molecule has 1 aromatic carbocycles. The van der Waals surface area contributed by atoms with Gasteiger partial charge in [-0.2, -0.15) is 5.26 Å². The predicted molar refractivity (Wildman–Crippen MR) is 84.7 cm³/mol. The number of rotatable bonds is 6. The standard InChI is InChI=1S/C16H24N2OS/c1-12(10-19)11-20-15-6-5-13(7-14(15)8-17)9-18-16(2,3)4/h5-7,12,18-19H,9-11H2,1-4H3. The Morgan fingerprint density at radius 1 is 1.40 bits per heavy atom. The maximum Gasteiger partial charge on any atom is 0.100 e. The minimum absolute atomic E-state index is 0.0663. The highest BCUT2D eigenvalue weighted by molar-refractivity contribution is 7.99. The van der Waals surface area contributed by atoms with Crippen LogP contribution in [0.1, 0.15) is 38.8 Å². The second-order valence-corrected chi connectivity index (χ2v) is 7.21. The fourth-order valence-electron chi connectivity index (χ4n) is 1.55. The zero-order chi connectivity index (χ0) is 15.2. The van der Waals surface area contributed by atoms with E-state index in [1.54, 1.807) is 11.8 Å². The smallest absolute Gasteiger partial charge is 0.100 e. The number of benzene rings is 1. The predicted octanol–water partition coefficient (Wildman–Crippen LogP) is 3.17. The Kier molecular flexibility index (Phi) is 6.54. The summed E-state index contributed by atoms with van der Waals surface area (Å²) in [5, 5.41) is 21.7. The molecule has 0 aliphatic heterocycles. The molecular weight excluding hydrogens is 268 g/mol. The van der Waals surface area contributed by atoms with Crippen LogP contribution in [-0.4, -0.2) is 23.0 Å². The first-order chi connectivity index (χ1) is 9.35. The summed E-state index contributed by atoms with van der Waals surface area (Å²) < 4.78 is 0. The third-order valence-corrected chi connectivity index (χ3v) is 4.22. The Balaban J connectivity index is 2.73. The maximum absolute atomic E-state index is 9.26. The van der Waals surface area contributed by atoms with Gasteiger partial charge in [0.15, 0.2) is 0 Å². The molecule has 0 bridgehead atoms. The average molecular weight is 292 g/mol. The van der Waals surface area contributed by atoms with Crippen molar-refractivity contribution < 1.29 is 5.11 Å². The van der Waals surface area contributed by atoms with Gasteiger partial charge >= 0.3 is 0 Å². The molecule has 0 aliphatic carbocycles. The number of thioether (sulfide) groups is 1. The Labute approximate surface area is 126 Å². The van der Waals surface area contributed by atoms with E-state index in [9.17, 15) is 5.26 Å². The Bertz CT molecular complexity index is 474. The Morgan fingerprint density at radius 3 is 2.65 bits per heavy atom. The van der Waals surface area contributed by atoms with Gasteiger partial charge in [-0.1, -0.05) is 13.0 Å². The molecule has 1 atom stereocenters. The molecule has 20 heavy (non-hydrogen) atoms. The molecule has 0 radical (unpaired) electrons. The van der Waals surface area contributed by atoms with Gasteiger partial charge in [0.1, 0.15) is 6.07 Å². The number of nitriles is 1. The van der Waals surface area contributed by atoms with E-state index in [2.05, 4.69) is 38.2 Å². The summed E-state index contributed by atoms with van der Waals surface area (Å²) in [4.78, 5) is 0.993. The molecule has 0 aromatic heterocycles. The van der Waals surface area contributed by atoms with E-state index in [1.807, 2.05) is 19.1 Å². The molecule has 0 saturated carbocycles. The zero-order valence-corrected chi connectivity index (χ0v) is 13.5. The van der Waals surface area contributed by atoms with E-state index < -0.39 is 0 Å². The quantitative estimate of drug-likeness (QED) is 0.791. The fourth-order valence-corrected chi connectivity index (χ4v) is 2.55. The van der Waals surface area contributed by atoms with Crippen LogP contribution in [0.4, 0.5) is 0 Å². The lowest BCUT2D eigenvalue weighted by Gasteiger charge is -2.20. The van der Waals surface area contributed by atoms with Gasteiger partial charge < -0.3 is 10.4 Å². The van der Waals surface area contributed by atoms with Crippen molar-refractivity contribution in [3.05, 3.63) is 29.3 Å². The van der Waals surface area contributed by atoms with Crippen LogP contribution in [0.15, 0.2) is 23.1 Å². The van der Waals surface area contributed by atoms with E-state index >= 15 is 0 Å². The number of aliphatic hydroxyl groups excluding tert-OH is 1. The van der Waals surface area contributed by atoms with Crippen LogP contribution in [0.5, 0.6) is 0 Å². The molecule has 1 aromatic rings. The van der Waals surface area contributed by atoms with E-state index in [0.29, 0.717) is 5.56 Å². The molecule has 4 heteroatoms. The maximum atomic E-state index is 9.26. The van der Waals surface area contributed by atoms with Crippen molar-refractivity contribution in [3.63, 3.8) is 0 Å². The van der Waals surface area contributed by atoms with Crippen molar-refractivity contribution in [2.75, 3.05) is 12.4 Å². The summed E-state index contributed by atoms with van der Waals surface area (Å²) in [5.74, 6) is 1.07. The molecule has 0 spiro atoms. The number of aliphatic hydroxyl groups is 1. The number of hydrogen-bond donors (Lipinski definition) is 2. The van der Waals surface area contributed by atoms with Crippen molar-refractivity contribution in [2.45, 2.75) is 44.7 Å². The van der Waals surface area contributed by atoms with Crippen molar-refractivity contribution in [2.24, 2.45) is 5.92 Å². The van der Waals surface area contributed by atoms with E-state index in [4.69, 9.17) is 5.11 Å². The molecule has 0 aliphatic rings. The first kappa shape index (κ1) is 17.0. The molecule has 2 N–H and O–H groups in total. The number of nitrogens with zero attached hydrogens (tertiary/aromatic N) is 1. The van der Waals surface area contributed by atoms with Gasteiger partial charge in [0.2, 0.25) is 0 Å². The van der Waals surface area contributed by atoms with Gasteiger partial charge in [-0.05, 0) is 44.4 Å². The van der Waals surface area contributed by atoms with Gasteiger partial charge in [0, 0.05) is 29.3 Å². The second-order valence-electron chi connectivity index (χ2n) is 6.14. The third kappa shape index (κ3) is 5.96. The van der Waals surface area contributed by atoms with Crippen LogP contribution in [0.25, 0.3) is 0 Å². The Hall–Kier alpha value is -1.02. The van der Waals surface area contributed by atoms with Crippen LogP contribution < -0.4 is 5.32 Å². The van der Waals surface area contributed by atoms with Crippen molar-refractivity contribution >= 4 is 11.8 Å². The summed E-state index contributed by atoms with van der Waals surface area (Å²) in [6, 6.07) is 8.28. The van der Waals surface area contributed by atoms with Crippen molar-refractivity contribution in [1.82, 2.24) is 5.32 Å². The van der Waals surface area contributed by atoms with E-state index in [1.165, 1.54) is 0 Å². The monoisotopic (exact) mass is 292 g/mol. The third-order valence-electron chi connectivity index (χ3n) is 2.82. The van der Waals surface area contributed by atoms with Crippen LogP contribution >= 0.6 is 11.8 Å². The zero-order valence-electron chi connectivity index (χ0n) is 12.7. The fraction of sp³-hybridized carbons (Fsp3) is 0.562. The molecule has 1 unspecified atom stereocenters. The first-order valence-corrected chi connectivity index (χ1v) is 7.86. The molecule has 3 nitrogen and oxygen atoms in total. The lowest BCUT2D eigenvalue weighted by Crippen LogP contribution is -2.35. The van der Waals surface area contributed by atoms with Gasteiger partial charge in [-0.25, -0.2) is 0 Å². The minimum atomic E-state index is 0.0663. The van der Waals surface area contributed by atoms with Crippen LogP contribution in [0.3, 0.4) is 0 Å². The van der Waals surface area contributed by atoms with Gasteiger partial charge in [0.25, 0.3) is 0 Å². The molecule has 0 saturated heterocycles. The minimum Gasteiger partial charge on any atom is -0.396 e. The largest absolute Gasteiger partial charge is 0.396 e. The number of hydrogen-bond acceptors (Lipinski definition) is 4. The van der Waals surface area contributed by atoms with Gasteiger partial charge in [0.05, 0.1) is 5.56 Å². The van der Waals surface area contributed by atoms with E-state index in [-0.39, 0.29) is 18.1 Å². The highest BCUT2D eigenvalue weighted by Crippen LogP contribution is 2.25. The summed E-state index contributed by atoms with van der Waals surface area (Å²) >= 11 is 1.63. The van der Waals surface area contributed by atoms with Crippen molar-refractivity contribution in [3.8, 4) is 6.07 Å². The lowest BCUT2D eigenvalue weighted by molar-refractivity contribution is 0.250.